The second-order valence-corrected chi connectivity index (χ2v) is 5.84. The first kappa shape index (κ1) is 13.6. The van der Waals surface area contributed by atoms with Crippen LogP contribution in [0.1, 0.15) is 48.2 Å². The molecule has 2 unspecified atom stereocenters. The maximum absolute atomic E-state index is 6.27. The number of hydrogen-bond acceptors (Lipinski definition) is 2. The molecule has 0 heterocycles. The second kappa shape index (κ2) is 5.57. The fourth-order valence-corrected chi connectivity index (χ4v) is 3.35. The highest BCUT2D eigenvalue weighted by Gasteiger charge is 2.29. The van der Waals surface area contributed by atoms with Crippen LogP contribution < -0.4 is 11.1 Å². The van der Waals surface area contributed by atoms with Crippen molar-refractivity contribution in [2.45, 2.75) is 31.5 Å². The van der Waals surface area contributed by atoms with Gasteiger partial charge in [0.2, 0.25) is 0 Å². The zero-order chi connectivity index (χ0) is 14.1. The minimum atomic E-state index is 0.127. The lowest BCUT2D eigenvalue weighted by atomic mass is 10.0. The zero-order valence-electron chi connectivity index (χ0n) is 11.5. The lowest BCUT2D eigenvalue weighted by Crippen LogP contribution is -2.23. The van der Waals surface area contributed by atoms with Gasteiger partial charge in [-0.15, -0.1) is 0 Å². The molecule has 0 amide bonds. The highest BCUT2D eigenvalue weighted by atomic mass is 35.5. The van der Waals surface area contributed by atoms with Gasteiger partial charge in [-0.2, -0.15) is 0 Å². The van der Waals surface area contributed by atoms with Gasteiger partial charge in [-0.25, -0.2) is 0 Å². The van der Waals surface area contributed by atoms with E-state index in [4.69, 9.17) is 17.3 Å². The van der Waals surface area contributed by atoms with Crippen molar-refractivity contribution in [3.8, 4) is 0 Å². The predicted molar refractivity (Wildman–Crippen MR) is 83.7 cm³/mol. The Hall–Kier alpha value is -1.35. The Morgan fingerprint density at radius 1 is 1.10 bits per heavy atom. The Bertz CT molecular complexity index is 611. The van der Waals surface area contributed by atoms with Crippen molar-refractivity contribution >= 4 is 11.6 Å². The summed E-state index contributed by atoms with van der Waals surface area (Å²) < 4.78 is 0. The lowest BCUT2D eigenvalue weighted by molar-refractivity contribution is 0.446. The topological polar surface area (TPSA) is 38.0 Å². The van der Waals surface area contributed by atoms with Crippen molar-refractivity contribution in [1.29, 1.82) is 0 Å². The number of fused-ring (bicyclic) bond motifs is 1. The van der Waals surface area contributed by atoms with E-state index in [1.54, 1.807) is 0 Å². The largest absolute Gasteiger partial charge is 0.324 e. The number of benzene rings is 2. The summed E-state index contributed by atoms with van der Waals surface area (Å²) in [7, 11) is 0. The summed E-state index contributed by atoms with van der Waals surface area (Å²) in [4.78, 5) is 0. The van der Waals surface area contributed by atoms with E-state index in [2.05, 4.69) is 42.6 Å². The third kappa shape index (κ3) is 2.47. The van der Waals surface area contributed by atoms with Gasteiger partial charge < -0.3 is 11.1 Å². The van der Waals surface area contributed by atoms with Crippen molar-refractivity contribution in [2.24, 2.45) is 5.73 Å². The van der Waals surface area contributed by atoms with Crippen molar-refractivity contribution in [3.05, 3.63) is 70.2 Å². The van der Waals surface area contributed by atoms with Crippen LogP contribution in [0.5, 0.6) is 0 Å². The smallest absolute Gasteiger partial charge is 0.0453 e. The summed E-state index contributed by atoms with van der Waals surface area (Å²) in [5, 5.41) is 4.47. The molecule has 0 saturated heterocycles. The number of nitrogens with two attached hydrogens (primary N) is 1. The van der Waals surface area contributed by atoms with E-state index in [0.717, 1.165) is 17.0 Å². The molecule has 3 heteroatoms. The van der Waals surface area contributed by atoms with Crippen molar-refractivity contribution < 1.29 is 0 Å². The van der Waals surface area contributed by atoms with Gasteiger partial charge in [0.15, 0.2) is 0 Å². The quantitative estimate of drug-likeness (QED) is 0.890. The van der Waals surface area contributed by atoms with E-state index in [0.29, 0.717) is 6.04 Å². The molecule has 2 aromatic carbocycles. The monoisotopic (exact) mass is 286 g/mol. The van der Waals surface area contributed by atoms with Crippen LogP contribution >= 0.6 is 11.6 Å². The zero-order valence-corrected chi connectivity index (χ0v) is 12.3. The standard InChI is InChI=1S/C17H19ClN2/c1-11(12-6-4-5-9-15(12)18)20-17-10-16(19)13-7-2-3-8-14(13)17/h2-9,11,16-17,20H,10,19H2,1H3/t11-,16?,17?/m0/s1. The van der Waals surface area contributed by atoms with E-state index in [1.807, 2.05) is 18.2 Å². The fraction of sp³-hybridized carbons (Fsp3) is 0.294. The molecule has 0 fully saturated rings. The van der Waals surface area contributed by atoms with Crippen LogP contribution in [0.2, 0.25) is 5.02 Å². The van der Waals surface area contributed by atoms with E-state index >= 15 is 0 Å². The van der Waals surface area contributed by atoms with Gasteiger partial charge >= 0.3 is 0 Å². The molecule has 3 atom stereocenters. The van der Waals surface area contributed by atoms with Crippen LogP contribution in [0.15, 0.2) is 48.5 Å². The van der Waals surface area contributed by atoms with Gasteiger partial charge in [0.1, 0.15) is 0 Å². The third-order valence-electron chi connectivity index (χ3n) is 4.08. The van der Waals surface area contributed by atoms with Crippen molar-refractivity contribution in [2.75, 3.05) is 0 Å². The maximum Gasteiger partial charge on any atom is 0.0453 e. The number of nitrogens with one attached hydrogen (secondary N) is 1. The predicted octanol–water partition coefficient (Wildman–Crippen LogP) is 4.14. The molecule has 2 nitrogen and oxygen atoms in total. The molecule has 0 aliphatic heterocycles. The van der Waals surface area contributed by atoms with Gasteiger partial charge in [0.25, 0.3) is 0 Å². The molecule has 20 heavy (non-hydrogen) atoms. The van der Waals surface area contributed by atoms with Crippen LogP contribution in [0.3, 0.4) is 0 Å². The Kier molecular flexibility index (Phi) is 3.79. The Morgan fingerprint density at radius 3 is 2.50 bits per heavy atom. The molecule has 0 bridgehead atoms. The Labute approximate surface area is 125 Å². The Balaban J connectivity index is 1.81. The van der Waals surface area contributed by atoms with Gasteiger partial charge in [-0.3, -0.25) is 0 Å². The van der Waals surface area contributed by atoms with Crippen molar-refractivity contribution in [3.63, 3.8) is 0 Å². The summed E-state index contributed by atoms with van der Waals surface area (Å²) in [6.07, 6.45) is 0.939. The number of hydrogen-bond donors (Lipinski definition) is 2. The highest BCUT2D eigenvalue weighted by Crippen LogP contribution is 2.38. The molecule has 0 spiro atoms. The fourth-order valence-electron chi connectivity index (χ4n) is 3.05. The average Bonchev–Trinajstić information content (AvgIpc) is 2.76. The van der Waals surface area contributed by atoms with E-state index < -0.39 is 0 Å². The van der Waals surface area contributed by atoms with Gasteiger partial charge in [0, 0.05) is 23.1 Å². The first-order chi connectivity index (χ1) is 9.66. The first-order valence-corrected chi connectivity index (χ1v) is 7.39. The van der Waals surface area contributed by atoms with E-state index in [9.17, 15) is 0 Å². The maximum atomic E-state index is 6.27. The summed E-state index contributed by atoms with van der Waals surface area (Å²) >= 11 is 6.27. The molecule has 3 rings (SSSR count). The highest BCUT2D eigenvalue weighted by molar-refractivity contribution is 6.31. The molecule has 0 saturated carbocycles. The van der Waals surface area contributed by atoms with Crippen LogP contribution in [0, 0.1) is 0 Å². The van der Waals surface area contributed by atoms with Gasteiger partial charge in [-0.05, 0) is 36.1 Å². The van der Waals surface area contributed by atoms with Crippen LogP contribution in [-0.2, 0) is 0 Å². The minimum Gasteiger partial charge on any atom is -0.324 e. The molecular formula is C17H19ClN2. The average molecular weight is 287 g/mol. The summed E-state index contributed by atoms with van der Waals surface area (Å²) in [5.41, 5.74) is 9.93. The SMILES string of the molecule is C[C@H](NC1CC(N)c2ccccc21)c1ccccc1Cl. The molecule has 104 valence electrons. The van der Waals surface area contributed by atoms with Crippen LogP contribution in [0.25, 0.3) is 0 Å². The molecule has 2 aromatic rings. The number of rotatable bonds is 3. The molecule has 0 radical (unpaired) electrons. The molecule has 0 aromatic heterocycles. The lowest BCUT2D eigenvalue weighted by Gasteiger charge is -2.21. The van der Waals surface area contributed by atoms with Gasteiger partial charge in [0.05, 0.1) is 0 Å². The summed E-state index contributed by atoms with van der Waals surface area (Å²) in [6.45, 7) is 2.15. The normalized spacial score (nSPS) is 22.6. The van der Waals surface area contributed by atoms with Crippen LogP contribution in [-0.4, -0.2) is 0 Å². The summed E-state index contributed by atoms with van der Waals surface area (Å²) in [5.74, 6) is 0. The first-order valence-electron chi connectivity index (χ1n) is 7.01. The van der Waals surface area contributed by atoms with Crippen LogP contribution in [0.4, 0.5) is 0 Å². The Morgan fingerprint density at radius 2 is 1.75 bits per heavy atom. The van der Waals surface area contributed by atoms with E-state index in [1.165, 1.54) is 11.1 Å². The van der Waals surface area contributed by atoms with Crippen molar-refractivity contribution in [1.82, 2.24) is 5.32 Å². The minimum absolute atomic E-state index is 0.127. The molecule has 1 aliphatic carbocycles. The van der Waals surface area contributed by atoms with E-state index in [-0.39, 0.29) is 12.1 Å². The molecule has 1 aliphatic rings. The van der Waals surface area contributed by atoms with Gasteiger partial charge in [-0.1, -0.05) is 54.1 Å². The molecular weight excluding hydrogens is 268 g/mol. The summed E-state index contributed by atoms with van der Waals surface area (Å²) in [6, 6.07) is 17.0. The second-order valence-electron chi connectivity index (χ2n) is 5.43. The molecule has 3 N–H and O–H groups in total. The third-order valence-corrected chi connectivity index (χ3v) is 4.43. The number of halogens is 1.